The fourth-order valence-electron chi connectivity index (χ4n) is 1.95. The first-order chi connectivity index (χ1) is 9.58. The van der Waals surface area contributed by atoms with Crippen molar-refractivity contribution < 1.29 is 8.81 Å². The molecular weight excluding hydrogens is 302 g/mol. The molecule has 3 aromatic rings. The van der Waals surface area contributed by atoms with Crippen LogP contribution in [0.5, 0.6) is 0 Å². The van der Waals surface area contributed by atoms with Crippen molar-refractivity contribution in [1.82, 2.24) is 4.98 Å². The van der Waals surface area contributed by atoms with E-state index in [1.54, 1.807) is 25.2 Å². The number of halogens is 3. The summed E-state index contributed by atoms with van der Waals surface area (Å²) in [6, 6.07) is 7.58. The Morgan fingerprint density at radius 2 is 1.95 bits per heavy atom. The predicted molar refractivity (Wildman–Crippen MR) is 79.0 cm³/mol. The molecule has 0 radical (unpaired) electrons. The summed E-state index contributed by atoms with van der Waals surface area (Å²) in [5.41, 5.74) is 1.03. The summed E-state index contributed by atoms with van der Waals surface area (Å²) in [6.07, 6.45) is 0. The fraction of sp³-hybridized carbons (Fsp3) is 0.0714. The van der Waals surface area contributed by atoms with Gasteiger partial charge < -0.3 is 9.73 Å². The van der Waals surface area contributed by atoms with Crippen LogP contribution in [0.3, 0.4) is 0 Å². The first kappa shape index (κ1) is 13.2. The van der Waals surface area contributed by atoms with Crippen LogP contribution < -0.4 is 5.32 Å². The van der Waals surface area contributed by atoms with Gasteiger partial charge in [0.15, 0.2) is 5.76 Å². The monoisotopic (exact) mass is 310 g/mol. The zero-order valence-electron chi connectivity index (χ0n) is 10.4. The summed E-state index contributed by atoms with van der Waals surface area (Å²) < 4.78 is 18.8. The standard InChI is InChI=1S/C14H9Cl2FN2O/c1-18-14-10(16)6-9(15)13(19-14)12-5-7-4-8(17)2-3-11(7)20-12/h2-6H,1H3,(H,18,19). The van der Waals surface area contributed by atoms with E-state index in [1.165, 1.54) is 12.1 Å². The number of anilines is 1. The van der Waals surface area contributed by atoms with Crippen molar-refractivity contribution in [3.63, 3.8) is 0 Å². The number of benzene rings is 1. The lowest BCUT2D eigenvalue weighted by molar-refractivity contribution is 0.618. The highest BCUT2D eigenvalue weighted by Gasteiger charge is 2.14. The van der Waals surface area contributed by atoms with E-state index in [0.29, 0.717) is 38.3 Å². The Morgan fingerprint density at radius 1 is 1.15 bits per heavy atom. The molecule has 0 saturated carbocycles. The maximum atomic E-state index is 13.2. The molecule has 0 spiro atoms. The molecule has 1 N–H and O–H groups in total. The highest BCUT2D eigenvalue weighted by atomic mass is 35.5. The van der Waals surface area contributed by atoms with Gasteiger partial charge in [-0.3, -0.25) is 0 Å². The molecule has 3 nitrogen and oxygen atoms in total. The van der Waals surface area contributed by atoms with E-state index >= 15 is 0 Å². The van der Waals surface area contributed by atoms with Gasteiger partial charge >= 0.3 is 0 Å². The third-order valence-electron chi connectivity index (χ3n) is 2.88. The van der Waals surface area contributed by atoms with Gasteiger partial charge in [-0.15, -0.1) is 0 Å². The second-order valence-electron chi connectivity index (χ2n) is 4.19. The molecule has 0 aliphatic heterocycles. The normalized spacial score (nSPS) is 11.0. The number of rotatable bonds is 2. The number of hydrogen-bond donors (Lipinski definition) is 1. The van der Waals surface area contributed by atoms with Crippen LogP contribution in [0.1, 0.15) is 0 Å². The van der Waals surface area contributed by atoms with Crippen molar-refractivity contribution in [3.8, 4) is 11.5 Å². The van der Waals surface area contributed by atoms with Gasteiger partial charge in [-0.05, 0) is 30.3 Å². The lowest BCUT2D eigenvalue weighted by Crippen LogP contribution is -1.95. The van der Waals surface area contributed by atoms with E-state index < -0.39 is 0 Å². The molecule has 0 saturated heterocycles. The zero-order valence-corrected chi connectivity index (χ0v) is 11.9. The van der Waals surface area contributed by atoms with Crippen molar-refractivity contribution >= 4 is 40.0 Å². The highest BCUT2D eigenvalue weighted by Crippen LogP contribution is 2.35. The van der Waals surface area contributed by atoms with Gasteiger partial charge in [-0.25, -0.2) is 9.37 Å². The molecule has 0 unspecified atom stereocenters. The van der Waals surface area contributed by atoms with Crippen molar-refractivity contribution in [3.05, 3.63) is 46.2 Å². The fourth-order valence-corrected chi connectivity index (χ4v) is 2.49. The minimum Gasteiger partial charge on any atom is -0.454 e. The molecule has 20 heavy (non-hydrogen) atoms. The number of hydrogen-bond acceptors (Lipinski definition) is 3. The van der Waals surface area contributed by atoms with E-state index in [2.05, 4.69) is 10.3 Å². The summed E-state index contributed by atoms with van der Waals surface area (Å²) in [5, 5.41) is 4.31. The Balaban J connectivity index is 2.19. The van der Waals surface area contributed by atoms with E-state index in [4.69, 9.17) is 27.6 Å². The molecule has 0 atom stereocenters. The Kier molecular flexibility index (Phi) is 3.28. The minimum atomic E-state index is -0.323. The number of nitrogens with one attached hydrogen (secondary N) is 1. The number of fused-ring (bicyclic) bond motifs is 1. The van der Waals surface area contributed by atoms with Crippen molar-refractivity contribution in [2.24, 2.45) is 0 Å². The summed E-state index contributed by atoms with van der Waals surface area (Å²) in [5.74, 6) is 0.636. The van der Waals surface area contributed by atoms with Gasteiger partial charge in [-0.1, -0.05) is 23.2 Å². The van der Waals surface area contributed by atoms with Gasteiger partial charge in [0.2, 0.25) is 0 Å². The Morgan fingerprint density at radius 3 is 2.70 bits per heavy atom. The molecular formula is C14H9Cl2FN2O. The SMILES string of the molecule is CNc1nc(-c2cc3cc(F)ccc3o2)c(Cl)cc1Cl. The second-order valence-corrected chi connectivity index (χ2v) is 5.01. The van der Waals surface area contributed by atoms with Crippen LogP contribution in [0, 0.1) is 5.82 Å². The number of aromatic nitrogens is 1. The third-order valence-corrected chi connectivity index (χ3v) is 3.45. The molecule has 2 heterocycles. The molecule has 0 fully saturated rings. The average Bonchev–Trinajstić information content (AvgIpc) is 2.81. The average molecular weight is 311 g/mol. The first-order valence-corrected chi connectivity index (χ1v) is 6.57. The van der Waals surface area contributed by atoms with Gasteiger partial charge in [0.1, 0.15) is 22.9 Å². The van der Waals surface area contributed by atoms with Crippen LogP contribution in [0.4, 0.5) is 10.2 Å². The summed E-state index contributed by atoms with van der Waals surface area (Å²) in [4.78, 5) is 4.32. The third kappa shape index (κ3) is 2.21. The summed E-state index contributed by atoms with van der Waals surface area (Å²) in [6.45, 7) is 0. The molecule has 0 bridgehead atoms. The lowest BCUT2D eigenvalue weighted by Gasteiger charge is -2.06. The molecule has 0 aliphatic rings. The van der Waals surface area contributed by atoms with Crippen LogP contribution in [0.15, 0.2) is 34.7 Å². The van der Waals surface area contributed by atoms with Crippen LogP contribution >= 0.6 is 23.2 Å². The van der Waals surface area contributed by atoms with E-state index in [0.717, 1.165) is 0 Å². The number of furan rings is 1. The topological polar surface area (TPSA) is 38.1 Å². The minimum absolute atomic E-state index is 0.323. The van der Waals surface area contributed by atoms with Crippen LogP contribution in [0.2, 0.25) is 10.0 Å². The number of pyridine rings is 1. The van der Waals surface area contributed by atoms with Gasteiger partial charge in [0, 0.05) is 12.4 Å². The maximum absolute atomic E-state index is 13.2. The van der Waals surface area contributed by atoms with Gasteiger partial charge in [-0.2, -0.15) is 0 Å². The molecule has 0 amide bonds. The highest BCUT2D eigenvalue weighted by molar-refractivity contribution is 6.37. The van der Waals surface area contributed by atoms with Gasteiger partial charge in [0.25, 0.3) is 0 Å². The largest absolute Gasteiger partial charge is 0.454 e. The van der Waals surface area contributed by atoms with Crippen LogP contribution in [0.25, 0.3) is 22.4 Å². The Bertz CT molecular complexity index is 801. The van der Waals surface area contributed by atoms with Crippen LogP contribution in [-0.4, -0.2) is 12.0 Å². The van der Waals surface area contributed by atoms with Crippen molar-refractivity contribution in [1.29, 1.82) is 0 Å². The Labute approximate surface area is 124 Å². The van der Waals surface area contributed by atoms with E-state index in [-0.39, 0.29) is 5.82 Å². The molecule has 6 heteroatoms. The zero-order chi connectivity index (χ0) is 14.3. The quantitative estimate of drug-likeness (QED) is 0.725. The molecule has 3 rings (SSSR count). The summed E-state index contributed by atoms with van der Waals surface area (Å²) >= 11 is 12.1. The molecule has 102 valence electrons. The van der Waals surface area contributed by atoms with Gasteiger partial charge in [0.05, 0.1) is 10.0 Å². The molecule has 1 aromatic carbocycles. The van der Waals surface area contributed by atoms with Crippen LogP contribution in [-0.2, 0) is 0 Å². The van der Waals surface area contributed by atoms with E-state index in [1.807, 2.05) is 0 Å². The first-order valence-electron chi connectivity index (χ1n) is 5.82. The predicted octanol–water partition coefficient (Wildman–Crippen LogP) is 4.98. The van der Waals surface area contributed by atoms with Crippen molar-refractivity contribution in [2.75, 3.05) is 12.4 Å². The lowest BCUT2D eigenvalue weighted by atomic mass is 10.2. The molecule has 2 aromatic heterocycles. The number of nitrogens with zero attached hydrogens (tertiary/aromatic N) is 1. The molecule has 0 aliphatic carbocycles. The van der Waals surface area contributed by atoms with E-state index in [9.17, 15) is 4.39 Å². The summed E-state index contributed by atoms with van der Waals surface area (Å²) in [7, 11) is 1.71. The second kappa shape index (κ2) is 4.96. The van der Waals surface area contributed by atoms with Crippen molar-refractivity contribution in [2.45, 2.75) is 0 Å². The maximum Gasteiger partial charge on any atom is 0.155 e. The smallest absolute Gasteiger partial charge is 0.155 e. The Hall–Kier alpha value is -1.78.